The fourth-order valence-corrected chi connectivity index (χ4v) is 2.39. The van der Waals surface area contributed by atoms with Crippen molar-refractivity contribution in [3.8, 4) is 17.2 Å². The number of methoxy groups -OCH3 is 1. The molecule has 5 nitrogen and oxygen atoms in total. The van der Waals surface area contributed by atoms with Crippen molar-refractivity contribution < 1.29 is 23.4 Å². The summed E-state index contributed by atoms with van der Waals surface area (Å²) in [6.45, 7) is 0.535. The van der Waals surface area contributed by atoms with Gasteiger partial charge in [-0.15, -0.1) is 0 Å². The fourth-order valence-electron chi connectivity index (χ4n) is 2.39. The van der Waals surface area contributed by atoms with E-state index in [2.05, 4.69) is 5.32 Å². The summed E-state index contributed by atoms with van der Waals surface area (Å²) in [5, 5.41) is 2.80. The van der Waals surface area contributed by atoms with Gasteiger partial charge in [-0.05, 0) is 48.4 Å². The van der Waals surface area contributed by atoms with Crippen LogP contribution in [-0.4, -0.2) is 26.4 Å². The lowest BCUT2D eigenvalue weighted by Crippen LogP contribution is -2.25. The van der Waals surface area contributed by atoms with Crippen LogP contribution in [0.25, 0.3) is 0 Å². The lowest BCUT2D eigenvalue weighted by molar-refractivity contribution is 0.0953. The molecule has 3 rings (SSSR count). The fraction of sp³-hybridized carbons (Fsp3) is 0.235. The van der Waals surface area contributed by atoms with Gasteiger partial charge in [-0.2, -0.15) is 0 Å². The number of fused-ring (bicyclic) bond motifs is 1. The minimum absolute atomic E-state index is 0.166. The zero-order valence-corrected chi connectivity index (χ0v) is 12.6. The predicted molar refractivity (Wildman–Crippen MR) is 81.6 cm³/mol. The molecule has 0 aromatic heterocycles. The van der Waals surface area contributed by atoms with Crippen LogP contribution in [0.5, 0.6) is 17.2 Å². The summed E-state index contributed by atoms with van der Waals surface area (Å²) in [5.41, 5.74) is 1.19. The predicted octanol–water partition coefficient (Wildman–Crippen LogP) is 2.54. The second-order valence-electron chi connectivity index (χ2n) is 5.03. The van der Waals surface area contributed by atoms with Crippen molar-refractivity contribution in [2.75, 3.05) is 20.4 Å². The topological polar surface area (TPSA) is 56.8 Å². The maximum absolute atomic E-state index is 13.3. The van der Waals surface area contributed by atoms with Crippen molar-refractivity contribution in [3.63, 3.8) is 0 Å². The molecule has 0 saturated heterocycles. The van der Waals surface area contributed by atoms with E-state index in [0.717, 1.165) is 0 Å². The molecule has 0 radical (unpaired) electrons. The van der Waals surface area contributed by atoms with Crippen molar-refractivity contribution in [3.05, 3.63) is 53.3 Å². The van der Waals surface area contributed by atoms with Crippen LogP contribution in [0.2, 0.25) is 0 Å². The first-order chi connectivity index (χ1) is 11.2. The summed E-state index contributed by atoms with van der Waals surface area (Å²) in [4.78, 5) is 12.1. The second-order valence-corrected chi connectivity index (χ2v) is 5.03. The van der Waals surface area contributed by atoms with E-state index < -0.39 is 0 Å². The Kier molecular flexibility index (Phi) is 4.32. The molecule has 0 bridgehead atoms. The molecule has 0 spiro atoms. The van der Waals surface area contributed by atoms with Crippen LogP contribution < -0.4 is 19.5 Å². The molecular weight excluding hydrogens is 301 g/mol. The zero-order valence-electron chi connectivity index (χ0n) is 12.6. The summed E-state index contributed by atoms with van der Waals surface area (Å²) >= 11 is 0. The van der Waals surface area contributed by atoms with Crippen molar-refractivity contribution >= 4 is 5.91 Å². The van der Waals surface area contributed by atoms with Crippen LogP contribution in [0.4, 0.5) is 4.39 Å². The average Bonchev–Trinajstić information content (AvgIpc) is 3.02. The Labute approximate surface area is 133 Å². The lowest BCUT2D eigenvalue weighted by Gasteiger charge is -2.10. The number of nitrogens with one attached hydrogen (secondary N) is 1. The molecule has 1 N–H and O–H groups in total. The van der Waals surface area contributed by atoms with Crippen LogP contribution in [0, 0.1) is 5.82 Å². The van der Waals surface area contributed by atoms with Crippen molar-refractivity contribution in [2.45, 2.75) is 6.42 Å². The maximum atomic E-state index is 13.3. The van der Waals surface area contributed by atoms with Gasteiger partial charge in [0.05, 0.1) is 7.11 Å². The summed E-state index contributed by atoms with van der Waals surface area (Å²) in [6, 6.07) is 9.34. The molecule has 0 aliphatic carbocycles. The van der Waals surface area contributed by atoms with Crippen LogP contribution in [0.3, 0.4) is 0 Å². The van der Waals surface area contributed by atoms with E-state index >= 15 is 0 Å². The number of hydrogen-bond acceptors (Lipinski definition) is 4. The first kappa shape index (κ1) is 15.1. The SMILES string of the molecule is COc1ccc(F)cc1CCNC(=O)c1ccc2c(c1)OCO2. The highest BCUT2D eigenvalue weighted by Gasteiger charge is 2.16. The largest absolute Gasteiger partial charge is 0.496 e. The Morgan fingerprint density at radius 3 is 2.87 bits per heavy atom. The molecule has 1 heterocycles. The minimum atomic E-state index is -0.331. The number of carbonyl (C=O) groups is 1. The molecule has 2 aromatic rings. The van der Waals surface area contributed by atoms with Gasteiger partial charge >= 0.3 is 0 Å². The molecule has 0 saturated carbocycles. The van der Waals surface area contributed by atoms with E-state index in [1.54, 1.807) is 24.3 Å². The van der Waals surface area contributed by atoms with Crippen molar-refractivity contribution in [1.82, 2.24) is 5.32 Å². The van der Waals surface area contributed by atoms with Gasteiger partial charge in [0.1, 0.15) is 11.6 Å². The first-order valence-electron chi connectivity index (χ1n) is 7.17. The zero-order chi connectivity index (χ0) is 16.2. The molecule has 23 heavy (non-hydrogen) atoms. The lowest BCUT2D eigenvalue weighted by atomic mass is 10.1. The quantitative estimate of drug-likeness (QED) is 0.921. The minimum Gasteiger partial charge on any atom is -0.496 e. The number of benzene rings is 2. The molecule has 0 fully saturated rings. The van der Waals surface area contributed by atoms with Gasteiger partial charge < -0.3 is 19.5 Å². The monoisotopic (exact) mass is 317 g/mol. The molecule has 1 aliphatic rings. The highest BCUT2D eigenvalue weighted by molar-refractivity contribution is 5.94. The third-order valence-corrected chi connectivity index (χ3v) is 3.56. The first-order valence-corrected chi connectivity index (χ1v) is 7.17. The summed E-state index contributed by atoms with van der Waals surface area (Å²) in [5.74, 6) is 1.24. The van der Waals surface area contributed by atoms with Gasteiger partial charge in [0, 0.05) is 12.1 Å². The Hall–Kier alpha value is -2.76. The molecule has 6 heteroatoms. The van der Waals surface area contributed by atoms with Crippen LogP contribution in [0.1, 0.15) is 15.9 Å². The third-order valence-electron chi connectivity index (χ3n) is 3.56. The van der Waals surface area contributed by atoms with Gasteiger partial charge in [-0.25, -0.2) is 4.39 Å². The van der Waals surface area contributed by atoms with Gasteiger partial charge in [-0.1, -0.05) is 0 Å². The molecular formula is C17H16FNO4. The van der Waals surface area contributed by atoms with Crippen molar-refractivity contribution in [2.24, 2.45) is 0 Å². The van der Waals surface area contributed by atoms with Gasteiger partial charge in [0.2, 0.25) is 6.79 Å². The molecule has 1 aliphatic heterocycles. The summed E-state index contributed by atoms with van der Waals surface area (Å²) < 4.78 is 28.9. The van der Waals surface area contributed by atoms with Crippen LogP contribution in [-0.2, 0) is 6.42 Å². The van der Waals surface area contributed by atoms with Crippen molar-refractivity contribution in [1.29, 1.82) is 0 Å². The van der Waals surface area contributed by atoms with E-state index in [0.29, 0.717) is 41.3 Å². The molecule has 0 atom stereocenters. The van der Waals surface area contributed by atoms with Gasteiger partial charge in [0.25, 0.3) is 5.91 Å². The maximum Gasteiger partial charge on any atom is 0.251 e. The highest BCUT2D eigenvalue weighted by atomic mass is 19.1. The highest BCUT2D eigenvalue weighted by Crippen LogP contribution is 2.32. The number of ether oxygens (including phenoxy) is 3. The normalized spacial score (nSPS) is 12.1. The van der Waals surface area contributed by atoms with Crippen LogP contribution in [0.15, 0.2) is 36.4 Å². The van der Waals surface area contributed by atoms with Crippen LogP contribution >= 0.6 is 0 Å². The second kappa shape index (κ2) is 6.56. The van der Waals surface area contributed by atoms with Gasteiger partial charge in [0.15, 0.2) is 11.5 Å². The van der Waals surface area contributed by atoms with E-state index in [4.69, 9.17) is 14.2 Å². The molecule has 0 unspecified atom stereocenters. The Balaban J connectivity index is 1.60. The Morgan fingerprint density at radius 1 is 1.22 bits per heavy atom. The Bertz CT molecular complexity index is 733. The number of rotatable bonds is 5. The van der Waals surface area contributed by atoms with Gasteiger partial charge in [-0.3, -0.25) is 4.79 Å². The molecule has 1 amide bonds. The smallest absolute Gasteiger partial charge is 0.251 e. The standard InChI is InChI=1S/C17H16FNO4/c1-21-14-5-3-13(18)8-11(14)6-7-19-17(20)12-2-4-15-16(9-12)23-10-22-15/h2-5,8-9H,6-7,10H2,1H3,(H,19,20). The summed E-state index contributed by atoms with van der Waals surface area (Å²) in [6.07, 6.45) is 0.469. The molecule has 2 aromatic carbocycles. The third kappa shape index (κ3) is 3.36. The average molecular weight is 317 g/mol. The van der Waals surface area contributed by atoms with E-state index in [1.165, 1.54) is 19.2 Å². The van der Waals surface area contributed by atoms with E-state index in [9.17, 15) is 9.18 Å². The number of carbonyl (C=O) groups excluding carboxylic acids is 1. The Morgan fingerprint density at radius 2 is 2.04 bits per heavy atom. The summed E-state index contributed by atoms with van der Waals surface area (Å²) in [7, 11) is 1.53. The van der Waals surface area contributed by atoms with E-state index in [-0.39, 0.29) is 18.5 Å². The number of amides is 1. The molecule has 120 valence electrons. The van der Waals surface area contributed by atoms with E-state index in [1.807, 2.05) is 0 Å². The number of halogens is 1. The number of hydrogen-bond donors (Lipinski definition) is 1.